The van der Waals surface area contributed by atoms with Gasteiger partial charge in [-0.05, 0) is 30.9 Å². The number of hydrogen-bond donors (Lipinski definition) is 1. The van der Waals surface area contributed by atoms with E-state index in [4.69, 9.17) is 10.5 Å². The van der Waals surface area contributed by atoms with Gasteiger partial charge in [-0.1, -0.05) is 6.08 Å². The van der Waals surface area contributed by atoms with Gasteiger partial charge in [0.2, 0.25) is 0 Å². The van der Waals surface area contributed by atoms with Crippen LogP contribution in [0.25, 0.3) is 5.57 Å². The Hall–Kier alpha value is -1.84. The lowest BCUT2D eigenvalue weighted by Gasteiger charge is -2.10. The minimum absolute atomic E-state index is 0.364. The van der Waals surface area contributed by atoms with Crippen LogP contribution in [0.2, 0.25) is 0 Å². The molecular formula is C12H14N2O2. The number of methoxy groups -OCH3 is 1. The first-order valence-corrected chi connectivity index (χ1v) is 5.26. The maximum atomic E-state index is 11.6. The molecule has 84 valence electrons. The van der Waals surface area contributed by atoms with Gasteiger partial charge in [-0.2, -0.15) is 0 Å². The zero-order valence-corrected chi connectivity index (χ0v) is 9.19. The Kier molecular flexibility index (Phi) is 2.90. The van der Waals surface area contributed by atoms with Crippen LogP contribution in [0.5, 0.6) is 0 Å². The molecule has 0 unspecified atom stereocenters. The highest BCUT2D eigenvalue weighted by Crippen LogP contribution is 2.32. The Morgan fingerprint density at radius 3 is 3.00 bits per heavy atom. The molecule has 4 heteroatoms. The van der Waals surface area contributed by atoms with Crippen molar-refractivity contribution in [1.82, 2.24) is 4.98 Å². The fourth-order valence-corrected chi connectivity index (χ4v) is 1.99. The van der Waals surface area contributed by atoms with Crippen molar-refractivity contribution in [2.45, 2.75) is 19.3 Å². The van der Waals surface area contributed by atoms with Crippen molar-refractivity contribution < 1.29 is 9.53 Å². The summed E-state index contributed by atoms with van der Waals surface area (Å²) in [5.41, 5.74) is 8.18. The Balaban J connectivity index is 2.52. The largest absolute Gasteiger partial charge is 0.465 e. The lowest BCUT2D eigenvalue weighted by atomic mass is 10.0. The summed E-state index contributed by atoms with van der Waals surface area (Å²) in [5, 5.41) is 0. The third-order valence-electron chi connectivity index (χ3n) is 2.75. The average molecular weight is 218 g/mol. The van der Waals surface area contributed by atoms with Crippen molar-refractivity contribution >= 4 is 17.4 Å². The number of nitrogens with zero attached hydrogens (tertiary/aromatic N) is 1. The molecular weight excluding hydrogens is 204 g/mol. The van der Waals surface area contributed by atoms with Crippen LogP contribution in [0.1, 0.15) is 35.2 Å². The summed E-state index contributed by atoms with van der Waals surface area (Å²) in [7, 11) is 1.37. The van der Waals surface area contributed by atoms with Gasteiger partial charge in [0.25, 0.3) is 0 Å². The Labute approximate surface area is 94.1 Å². The van der Waals surface area contributed by atoms with E-state index in [2.05, 4.69) is 11.1 Å². The zero-order valence-electron chi connectivity index (χ0n) is 9.19. The maximum Gasteiger partial charge on any atom is 0.338 e. The third kappa shape index (κ3) is 1.78. The standard InChI is InChI=1S/C12H14N2O2/c1-16-12(15)9-6-7-14-11(13)10(9)8-4-2-3-5-8/h4,6-7H,2-3,5H2,1H3,(H2,13,14). The summed E-state index contributed by atoms with van der Waals surface area (Å²) in [4.78, 5) is 15.6. The van der Waals surface area contributed by atoms with Crippen molar-refractivity contribution in [2.75, 3.05) is 12.8 Å². The molecule has 0 saturated heterocycles. The topological polar surface area (TPSA) is 65.2 Å². The molecule has 4 nitrogen and oxygen atoms in total. The van der Waals surface area contributed by atoms with Crippen LogP contribution in [0.15, 0.2) is 18.3 Å². The number of nitrogen functional groups attached to an aromatic ring is 1. The van der Waals surface area contributed by atoms with E-state index in [0.717, 1.165) is 30.4 Å². The molecule has 0 aromatic carbocycles. The van der Waals surface area contributed by atoms with E-state index in [1.807, 2.05) is 0 Å². The van der Waals surface area contributed by atoms with Crippen molar-refractivity contribution in [3.8, 4) is 0 Å². The summed E-state index contributed by atoms with van der Waals surface area (Å²) >= 11 is 0. The van der Waals surface area contributed by atoms with Crippen LogP contribution >= 0.6 is 0 Å². The molecule has 1 aromatic heterocycles. The van der Waals surface area contributed by atoms with Crippen LogP contribution in [0.3, 0.4) is 0 Å². The van der Waals surface area contributed by atoms with Crippen LogP contribution in [-0.4, -0.2) is 18.1 Å². The van der Waals surface area contributed by atoms with Gasteiger partial charge in [0.05, 0.1) is 12.7 Å². The number of rotatable bonds is 2. The van der Waals surface area contributed by atoms with E-state index < -0.39 is 0 Å². The van der Waals surface area contributed by atoms with Gasteiger partial charge in [-0.3, -0.25) is 0 Å². The van der Waals surface area contributed by atoms with Gasteiger partial charge < -0.3 is 10.5 Å². The summed E-state index contributed by atoms with van der Waals surface area (Å²) in [6.45, 7) is 0. The molecule has 2 N–H and O–H groups in total. The number of pyridine rings is 1. The van der Waals surface area contributed by atoms with Crippen molar-refractivity contribution in [2.24, 2.45) is 0 Å². The van der Waals surface area contributed by atoms with Gasteiger partial charge >= 0.3 is 5.97 Å². The third-order valence-corrected chi connectivity index (χ3v) is 2.75. The highest BCUT2D eigenvalue weighted by molar-refractivity contribution is 5.97. The van der Waals surface area contributed by atoms with Gasteiger partial charge in [0.1, 0.15) is 5.82 Å². The molecule has 2 rings (SSSR count). The second-order valence-electron chi connectivity index (χ2n) is 3.73. The molecule has 1 aromatic rings. The second kappa shape index (κ2) is 4.35. The van der Waals surface area contributed by atoms with Gasteiger partial charge in [0, 0.05) is 11.8 Å². The fraction of sp³-hybridized carbons (Fsp3) is 0.333. The minimum Gasteiger partial charge on any atom is -0.465 e. The number of hydrogen-bond acceptors (Lipinski definition) is 4. The molecule has 1 aliphatic carbocycles. The number of anilines is 1. The maximum absolute atomic E-state index is 11.6. The Bertz CT molecular complexity index is 452. The molecule has 0 radical (unpaired) electrons. The van der Waals surface area contributed by atoms with Gasteiger partial charge in [-0.25, -0.2) is 9.78 Å². The summed E-state index contributed by atoms with van der Waals surface area (Å²) in [5.74, 6) is 0.0351. The average Bonchev–Trinajstić information content (AvgIpc) is 2.81. The lowest BCUT2D eigenvalue weighted by molar-refractivity contribution is 0.0600. The molecule has 0 atom stereocenters. The van der Waals surface area contributed by atoms with E-state index >= 15 is 0 Å². The highest BCUT2D eigenvalue weighted by Gasteiger charge is 2.19. The number of nitrogens with two attached hydrogens (primary N) is 1. The van der Waals surface area contributed by atoms with Crippen LogP contribution in [0.4, 0.5) is 5.82 Å². The SMILES string of the molecule is COC(=O)c1ccnc(N)c1C1=CCCC1. The normalized spacial score (nSPS) is 14.7. The van der Waals surface area contributed by atoms with E-state index in [-0.39, 0.29) is 5.97 Å². The first-order chi connectivity index (χ1) is 7.74. The fourth-order valence-electron chi connectivity index (χ4n) is 1.99. The van der Waals surface area contributed by atoms with Crippen molar-refractivity contribution in [1.29, 1.82) is 0 Å². The predicted molar refractivity (Wildman–Crippen MR) is 61.8 cm³/mol. The smallest absolute Gasteiger partial charge is 0.338 e. The number of ether oxygens (including phenoxy) is 1. The summed E-state index contributed by atoms with van der Waals surface area (Å²) in [6, 6.07) is 1.65. The summed E-state index contributed by atoms with van der Waals surface area (Å²) in [6.07, 6.45) is 6.72. The van der Waals surface area contributed by atoms with E-state index in [9.17, 15) is 4.79 Å². The van der Waals surface area contributed by atoms with Crippen LogP contribution < -0.4 is 5.73 Å². The highest BCUT2D eigenvalue weighted by atomic mass is 16.5. The summed E-state index contributed by atoms with van der Waals surface area (Å²) < 4.78 is 4.74. The zero-order chi connectivity index (χ0) is 11.5. The second-order valence-corrected chi connectivity index (χ2v) is 3.73. The van der Waals surface area contributed by atoms with Crippen molar-refractivity contribution in [3.05, 3.63) is 29.5 Å². The monoisotopic (exact) mass is 218 g/mol. The molecule has 0 spiro atoms. The van der Waals surface area contributed by atoms with Crippen LogP contribution in [-0.2, 0) is 4.74 Å². The Morgan fingerprint density at radius 2 is 2.38 bits per heavy atom. The lowest BCUT2D eigenvalue weighted by Crippen LogP contribution is -2.08. The predicted octanol–water partition coefficient (Wildman–Crippen LogP) is 2.02. The number of esters is 1. The molecule has 0 amide bonds. The van der Waals surface area contributed by atoms with E-state index in [1.54, 1.807) is 6.07 Å². The molecule has 0 bridgehead atoms. The van der Waals surface area contributed by atoms with E-state index in [0.29, 0.717) is 11.4 Å². The van der Waals surface area contributed by atoms with Gasteiger partial charge in [0.15, 0.2) is 0 Å². The van der Waals surface area contributed by atoms with Crippen molar-refractivity contribution in [3.63, 3.8) is 0 Å². The number of carbonyl (C=O) groups excluding carboxylic acids is 1. The molecule has 0 aliphatic heterocycles. The van der Waals surface area contributed by atoms with Crippen LogP contribution in [0, 0.1) is 0 Å². The number of allylic oxidation sites excluding steroid dienone is 2. The first kappa shape index (κ1) is 10.7. The van der Waals surface area contributed by atoms with E-state index in [1.165, 1.54) is 13.3 Å². The molecule has 1 aliphatic rings. The molecule has 16 heavy (non-hydrogen) atoms. The molecule has 1 heterocycles. The van der Waals surface area contributed by atoms with Gasteiger partial charge in [-0.15, -0.1) is 0 Å². The number of carbonyl (C=O) groups is 1. The Morgan fingerprint density at radius 1 is 1.56 bits per heavy atom. The quantitative estimate of drug-likeness (QED) is 0.771. The first-order valence-electron chi connectivity index (χ1n) is 5.26. The molecule has 0 fully saturated rings. The molecule has 0 saturated carbocycles. The minimum atomic E-state index is -0.364. The number of aromatic nitrogens is 1.